The quantitative estimate of drug-likeness (QED) is 0.194. The van der Waals surface area contributed by atoms with Crippen LogP contribution in [0.5, 0.6) is 5.75 Å². The third kappa shape index (κ3) is 6.72. The molecule has 0 bridgehead atoms. The number of piperidine rings is 1. The Kier molecular flexibility index (Phi) is 10.1. The summed E-state index contributed by atoms with van der Waals surface area (Å²) < 4.78 is 20.1. The van der Waals surface area contributed by atoms with Gasteiger partial charge < -0.3 is 19.9 Å². The molecular formula is C36H44BFN2O6. The van der Waals surface area contributed by atoms with Gasteiger partial charge in [-0.15, -0.1) is 0 Å². The maximum atomic E-state index is 14.1. The van der Waals surface area contributed by atoms with Crippen LogP contribution in [0.2, 0.25) is 6.32 Å². The Morgan fingerprint density at radius 2 is 1.83 bits per heavy atom. The molecule has 3 heterocycles. The zero-order chi connectivity index (χ0) is 32.4. The molecule has 4 aliphatic rings. The molecule has 4 atom stereocenters. The van der Waals surface area contributed by atoms with E-state index >= 15 is 0 Å². The first-order valence-electron chi connectivity index (χ1n) is 16.7. The monoisotopic (exact) mass is 630 g/mol. The van der Waals surface area contributed by atoms with E-state index in [-0.39, 0.29) is 36.7 Å². The Hall–Kier alpha value is -3.31. The molecule has 10 heteroatoms. The summed E-state index contributed by atoms with van der Waals surface area (Å²) in [5.74, 6) is -2.83. The second-order valence-electron chi connectivity index (χ2n) is 13.3. The zero-order valence-electron chi connectivity index (χ0n) is 26.5. The first kappa shape index (κ1) is 32.6. The number of hydrogen-bond acceptors (Lipinski definition) is 7. The predicted molar refractivity (Wildman–Crippen MR) is 174 cm³/mol. The van der Waals surface area contributed by atoms with Crippen molar-refractivity contribution in [2.45, 2.75) is 76.9 Å². The van der Waals surface area contributed by atoms with Gasteiger partial charge in [0.25, 0.3) is 0 Å². The topological polar surface area (TPSA) is 111 Å². The second kappa shape index (κ2) is 14.2. The molecule has 0 spiro atoms. The Labute approximate surface area is 270 Å². The minimum atomic E-state index is -1.08. The zero-order valence-corrected chi connectivity index (χ0v) is 26.5. The molecule has 3 fully saturated rings. The molecule has 0 aromatic heterocycles. The van der Waals surface area contributed by atoms with Crippen molar-refractivity contribution < 1.29 is 33.9 Å². The van der Waals surface area contributed by atoms with Gasteiger partial charge in [-0.05, 0) is 85.2 Å². The average Bonchev–Trinajstić information content (AvgIpc) is 3.30. The second-order valence-corrected chi connectivity index (χ2v) is 13.3. The number of fused-ring (bicyclic) bond motifs is 3. The highest BCUT2D eigenvalue weighted by Gasteiger charge is 2.58. The fourth-order valence-corrected chi connectivity index (χ4v) is 8.23. The van der Waals surface area contributed by atoms with Gasteiger partial charge in [-0.25, -0.2) is 4.39 Å². The summed E-state index contributed by atoms with van der Waals surface area (Å²) >= 11 is 0. The number of carbonyl (C=O) groups is 2. The maximum absolute atomic E-state index is 14.1. The Morgan fingerprint density at radius 1 is 1.07 bits per heavy atom. The van der Waals surface area contributed by atoms with Crippen LogP contribution in [0, 0.1) is 23.6 Å². The van der Waals surface area contributed by atoms with E-state index in [9.17, 15) is 29.2 Å². The van der Waals surface area contributed by atoms with Crippen LogP contribution in [-0.2, 0) is 20.8 Å². The Morgan fingerprint density at radius 3 is 2.52 bits per heavy atom. The molecule has 244 valence electrons. The van der Waals surface area contributed by atoms with Crippen LogP contribution in [0.4, 0.5) is 4.39 Å². The van der Waals surface area contributed by atoms with E-state index in [1.54, 1.807) is 6.07 Å². The number of benzene rings is 2. The number of aliphatic hydroxyl groups is 1. The summed E-state index contributed by atoms with van der Waals surface area (Å²) in [4.78, 5) is 31.9. The minimum Gasteiger partial charge on any atom is -0.505 e. The highest BCUT2D eigenvalue weighted by atomic mass is 19.1. The van der Waals surface area contributed by atoms with Crippen LogP contribution in [0.15, 0.2) is 65.3 Å². The summed E-state index contributed by atoms with van der Waals surface area (Å²) in [5, 5.41) is 30.9. The SMILES string of the molecule is CCC/C(=C\c1ccc(O)c(F)c1)CC[C@H]1OB(O)C[C@H]2C1=C(CO)C[C@H]1C(=O)N(C3CCN(Cc4ccccc4)CC3)C(=O)[C@H]12. The molecule has 6 rings (SSSR count). The number of carbonyl (C=O) groups excluding carboxylic acids is 2. The number of rotatable bonds is 10. The third-order valence-electron chi connectivity index (χ3n) is 10.3. The molecule has 3 N–H and O–H groups in total. The van der Waals surface area contributed by atoms with Gasteiger partial charge in [0.05, 0.1) is 24.5 Å². The van der Waals surface area contributed by atoms with Gasteiger partial charge in [0.15, 0.2) is 11.6 Å². The fourth-order valence-electron chi connectivity index (χ4n) is 8.23. The van der Waals surface area contributed by atoms with Gasteiger partial charge in [0.2, 0.25) is 11.8 Å². The number of likely N-dealkylation sites (tertiary alicyclic amines) is 2. The lowest BCUT2D eigenvalue weighted by molar-refractivity contribution is -0.144. The van der Waals surface area contributed by atoms with Crippen molar-refractivity contribution >= 4 is 25.0 Å². The standard InChI is InChI=1S/C36H44BFN2O6/c1-2-6-23(17-25-9-11-31(42)30(38)18-25)10-12-32-33-26(22-41)19-28-34(29(33)20-37(45)46-32)36(44)40(35(28)43)27-13-15-39(16-14-27)21-24-7-4-3-5-8-24/h3-5,7-9,11,17-18,27-29,32,34,41-42,45H,2,6,10,12-16,19-22H2,1H3/b23-17+/t28-,29+,32-,34-/m1/s1. The normalized spacial score (nSPS) is 26.1. The van der Waals surface area contributed by atoms with Crippen molar-refractivity contribution in [3.63, 3.8) is 0 Å². The van der Waals surface area contributed by atoms with Gasteiger partial charge in [-0.3, -0.25) is 19.4 Å². The number of hydrogen-bond donors (Lipinski definition) is 3. The third-order valence-corrected chi connectivity index (χ3v) is 10.3. The van der Waals surface area contributed by atoms with E-state index in [1.807, 2.05) is 24.3 Å². The van der Waals surface area contributed by atoms with Crippen LogP contribution >= 0.6 is 0 Å². The molecule has 1 aliphatic carbocycles. The Bertz CT molecular complexity index is 1490. The summed E-state index contributed by atoms with van der Waals surface area (Å²) in [6, 6.07) is 14.5. The minimum absolute atomic E-state index is 0.145. The number of amides is 2. The molecule has 0 unspecified atom stereocenters. The molecule has 46 heavy (non-hydrogen) atoms. The molecule has 2 aromatic rings. The van der Waals surface area contributed by atoms with Crippen LogP contribution in [0.1, 0.15) is 63.0 Å². The summed E-state index contributed by atoms with van der Waals surface area (Å²) in [6.07, 6.45) is 6.19. The highest BCUT2D eigenvalue weighted by Crippen LogP contribution is 2.51. The highest BCUT2D eigenvalue weighted by molar-refractivity contribution is 6.43. The number of halogens is 1. The van der Waals surface area contributed by atoms with Gasteiger partial charge in [-0.1, -0.05) is 61.4 Å². The molecule has 2 amide bonds. The number of aliphatic hydroxyl groups excluding tert-OH is 1. The van der Waals surface area contributed by atoms with Crippen LogP contribution < -0.4 is 0 Å². The summed E-state index contributed by atoms with van der Waals surface area (Å²) in [6.45, 7) is 4.29. The first-order chi connectivity index (χ1) is 22.3. The van der Waals surface area contributed by atoms with E-state index in [4.69, 9.17) is 4.65 Å². The number of allylic oxidation sites excluding steroid dienone is 1. The number of nitrogens with zero attached hydrogens (tertiary/aromatic N) is 2. The number of aromatic hydroxyl groups is 1. The fraction of sp³-hybridized carbons (Fsp3) is 0.500. The maximum Gasteiger partial charge on any atom is 0.455 e. The van der Waals surface area contributed by atoms with E-state index in [0.29, 0.717) is 24.8 Å². The number of imide groups is 1. The van der Waals surface area contributed by atoms with Gasteiger partial charge in [-0.2, -0.15) is 0 Å². The Balaban J connectivity index is 1.17. The molecule has 8 nitrogen and oxygen atoms in total. The molecular weight excluding hydrogens is 586 g/mol. The van der Waals surface area contributed by atoms with Crippen molar-refractivity contribution in [3.05, 3.63) is 82.2 Å². The largest absolute Gasteiger partial charge is 0.505 e. The lowest BCUT2D eigenvalue weighted by Gasteiger charge is -2.43. The first-order valence-corrected chi connectivity index (χ1v) is 16.7. The molecule has 2 aromatic carbocycles. The molecule has 3 saturated heterocycles. The lowest BCUT2D eigenvalue weighted by atomic mass is 9.58. The van der Waals surface area contributed by atoms with Crippen LogP contribution in [0.25, 0.3) is 6.08 Å². The van der Waals surface area contributed by atoms with Crippen LogP contribution in [0.3, 0.4) is 0 Å². The van der Waals surface area contributed by atoms with E-state index in [1.165, 1.54) is 22.6 Å². The molecule has 3 aliphatic heterocycles. The van der Waals surface area contributed by atoms with E-state index in [0.717, 1.165) is 62.0 Å². The van der Waals surface area contributed by atoms with Gasteiger partial charge in [0.1, 0.15) is 0 Å². The van der Waals surface area contributed by atoms with Crippen molar-refractivity contribution in [2.24, 2.45) is 17.8 Å². The number of phenolic OH excluding ortho intramolecular Hbond substituents is 1. The average molecular weight is 631 g/mol. The molecule has 0 saturated carbocycles. The predicted octanol–water partition coefficient (Wildman–Crippen LogP) is 4.95. The van der Waals surface area contributed by atoms with Gasteiger partial charge in [0, 0.05) is 25.7 Å². The van der Waals surface area contributed by atoms with Gasteiger partial charge >= 0.3 is 7.12 Å². The summed E-state index contributed by atoms with van der Waals surface area (Å²) in [5.41, 5.74) is 4.57. The van der Waals surface area contributed by atoms with Crippen molar-refractivity contribution in [2.75, 3.05) is 19.7 Å². The molecule has 0 radical (unpaired) electrons. The summed E-state index contributed by atoms with van der Waals surface area (Å²) in [7, 11) is -1.08. The van der Waals surface area contributed by atoms with Crippen LogP contribution in [-0.4, -0.2) is 75.8 Å². The smallest absolute Gasteiger partial charge is 0.455 e. The number of phenols is 1. The van der Waals surface area contributed by atoms with Crippen molar-refractivity contribution in [1.29, 1.82) is 0 Å². The van der Waals surface area contributed by atoms with E-state index in [2.05, 4.69) is 24.0 Å². The van der Waals surface area contributed by atoms with Crippen molar-refractivity contribution in [1.82, 2.24) is 9.80 Å². The van der Waals surface area contributed by atoms with Crippen molar-refractivity contribution in [3.8, 4) is 5.75 Å². The van der Waals surface area contributed by atoms with E-state index < -0.39 is 36.6 Å². The lowest BCUT2D eigenvalue weighted by Crippen LogP contribution is -2.48.